The molecule has 4 rings (SSSR count). The lowest BCUT2D eigenvalue weighted by Crippen LogP contribution is -2.50. The number of aliphatic hydroxyl groups excluding tert-OH is 1. The van der Waals surface area contributed by atoms with Crippen LogP contribution >= 0.6 is 0 Å². The molecule has 0 fully saturated rings. The van der Waals surface area contributed by atoms with E-state index in [0.717, 1.165) is 4.90 Å². The summed E-state index contributed by atoms with van der Waals surface area (Å²) in [5.41, 5.74) is 0.730. The SMILES string of the molecule is CC(O)c1cccc2c1OC(F)(F)C(=O)N2Cc1cccc2c1ncn2C(=O)OC(C)(C)C. The number of amides is 1. The molecule has 0 aliphatic carbocycles. The van der Waals surface area contributed by atoms with Crippen LogP contribution in [0.4, 0.5) is 19.3 Å². The number of anilines is 1. The Labute approximate surface area is 188 Å². The number of hydrogen-bond acceptors (Lipinski definition) is 6. The van der Waals surface area contributed by atoms with Crippen molar-refractivity contribution in [3.05, 3.63) is 53.9 Å². The molecule has 1 aliphatic rings. The minimum absolute atomic E-state index is 0.105. The number of rotatable bonds is 3. The fraction of sp³-hybridized carbons (Fsp3) is 0.348. The predicted octanol–water partition coefficient (Wildman–Crippen LogP) is 4.39. The van der Waals surface area contributed by atoms with Gasteiger partial charge in [-0.3, -0.25) is 9.69 Å². The van der Waals surface area contributed by atoms with Gasteiger partial charge in [0, 0.05) is 5.56 Å². The van der Waals surface area contributed by atoms with Crippen molar-refractivity contribution in [2.75, 3.05) is 4.90 Å². The molecule has 1 atom stereocenters. The van der Waals surface area contributed by atoms with Gasteiger partial charge in [0.2, 0.25) is 0 Å². The Balaban J connectivity index is 1.77. The Morgan fingerprint density at radius 1 is 1.24 bits per heavy atom. The summed E-state index contributed by atoms with van der Waals surface area (Å²) in [6.07, 6.45) is -4.54. The van der Waals surface area contributed by atoms with E-state index in [2.05, 4.69) is 4.98 Å². The van der Waals surface area contributed by atoms with Crippen LogP contribution in [0.1, 0.15) is 44.9 Å². The lowest BCUT2D eigenvalue weighted by molar-refractivity contribution is -0.193. The molecule has 1 aromatic heterocycles. The number of carbonyl (C=O) groups excluding carboxylic acids is 2. The van der Waals surface area contributed by atoms with Crippen molar-refractivity contribution < 1.29 is 33.0 Å². The van der Waals surface area contributed by atoms with Gasteiger partial charge in [-0.05, 0) is 45.4 Å². The van der Waals surface area contributed by atoms with E-state index >= 15 is 0 Å². The number of aromatic nitrogens is 2. The van der Waals surface area contributed by atoms with E-state index in [1.165, 1.54) is 30.0 Å². The van der Waals surface area contributed by atoms with Crippen LogP contribution in [0.15, 0.2) is 42.7 Å². The predicted molar refractivity (Wildman–Crippen MR) is 115 cm³/mol. The van der Waals surface area contributed by atoms with E-state index in [-0.39, 0.29) is 23.5 Å². The number of imidazole rings is 1. The lowest BCUT2D eigenvalue weighted by atomic mass is 10.0. The highest BCUT2D eigenvalue weighted by Gasteiger charge is 2.51. The monoisotopic (exact) mass is 459 g/mol. The summed E-state index contributed by atoms with van der Waals surface area (Å²) in [5, 5.41) is 9.98. The van der Waals surface area contributed by atoms with Crippen molar-refractivity contribution in [1.29, 1.82) is 0 Å². The van der Waals surface area contributed by atoms with Gasteiger partial charge in [-0.25, -0.2) is 14.3 Å². The summed E-state index contributed by atoms with van der Waals surface area (Å²) in [7, 11) is 0. The Morgan fingerprint density at radius 3 is 2.61 bits per heavy atom. The van der Waals surface area contributed by atoms with Crippen molar-refractivity contribution in [3.8, 4) is 5.75 Å². The number of nitrogens with zero attached hydrogens (tertiary/aromatic N) is 3. The standard InChI is InChI=1S/C23H23F2N3O5/c1-13(29)15-8-6-10-17-19(15)32-23(24,25)20(30)27(17)11-14-7-5-9-16-18(14)26-12-28(16)21(31)33-22(2,3)4/h5-10,12-13,29H,11H2,1-4H3. The molecule has 0 saturated carbocycles. The number of aliphatic hydroxyl groups is 1. The van der Waals surface area contributed by atoms with Gasteiger partial charge >= 0.3 is 18.1 Å². The van der Waals surface area contributed by atoms with Crippen molar-refractivity contribution in [3.63, 3.8) is 0 Å². The number of benzene rings is 2. The maximum Gasteiger partial charge on any atom is 0.483 e. The number of halogens is 2. The first-order valence-electron chi connectivity index (χ1n) is 10.3. The molecule has 0 spiro atoms. The van der Waals surface area contributed by atoms with Crippen molar-refractivity contribution in [2.24, 2.45) is 0 Å². The smallest absolute Gasteiger partial charge is 0.443 e. The van der Waals surface area contributed by atoms with Crippen LogP contribution in [0.3, 0.4) is 0 Å². The molecule has 3 aromatic rings. The van der Waals surface area contributed by atoms with Gasteiger partial charge in [0.25, 0.3) is 0 Å². The fourth-order valence-electron chi connectivity index (χ4n) is 3.64. The van der Waals surface area contributed by atoms with Gasteiger partial charge in [0.05, 0.1) is 29.4 Å². The second-order valence-electron chi connectivity index (χ2n) is 8.76. The number of ether oxygens (including phenoxy) is 2. The maximum absolute atomic E-state index is 14.5. The summed E-state index contributed by atoms with van der Waals surface area (Å²) in [6.45, 7) is 6.37. The Kier molecular flexibility index (Phi) is 5.36. The van der Waals surface area contributed by atoms with E-state index in [0.29, 0.717) is 16.6 Å². The lowest BCUT2D eigenvalue weighted by Gasteiger charge is -2.35. The van der Waals surface area contributed by atoms with Gasteiger partial charge in [0.15, 0.2) is 5.75 Å². The van der Waals surface area contributed by atoms with Gasteiger partial charge in [-0.1, -0.05) is 24.3 Å². The first-order valence-corrected chi connectivity index (χ1v) is 10.3. The second-order valence-corrected chi connectivity index (χ2v) is 8.76. The summed E-state index contributed by atoms with van der Waals surface area (Å²) < 4.78 is 40.3. The number of carbonyl (C=O) groups is 2. The molecule has 2 aromatic carbocycles. The molecule has 1 N–H and O–H groups in total. The third kappa shape index (κ3) is 4.13. The molecule has 1 aliphatic heterocycles. The summed E-state index contributed by atoms with van der Waals surface area (Å²) in [4.78, 5) is 30.3. The number of fused-ring (bicyclic) bond motifs is 2. The van der Waals surface area contributed by atoms with E-state index in [1.54, 1.807) is 45.0 Å². The maximum atomic E-state index is 14.5. The van der Waals surface area contributed by atoms with E-state index < -0.39 is 29.8 Å². The Hall–Kier alpha value is -3.53. The molecule has 0 radical (unpaired) electrons. The first-order chi connectivity index (χ1) is 15.4. The van der Waals surface area contributed by atoms with Crippen LogP contribution in [-0.2, 0) is 16.1 Å². The fourth-order valence-corrected chi connectivity index (χ4v) is 3.64. The van der Waals surface area contributed by atoms with Crippen LogP contribution < -0.4 is 9.64 Å². The van der Waals surface area contributed by atoms with E-state index in [4.69, 9.17) is 9.47 Å². The highest BCUT2D eigenvalue weighted by molar-refractivity contribution is 6.01. The highest BCUT2D eigenvalue weighted by atomic mass is 19.3. The molecule has 1 amide bonds. The Bertz CT molecular complexity index is 1250. The summed E-state index contributed by atoms with van der Waals surface area (Å²) in [5.74, 6) is -1.80. The molecule has 33 heavy (non-hydrogen) atoms. The third-order valence-corrected chi connectivity index (χ3v) is 5.07. The molecule has 1 unspecified atom stereocenters. The third-order valence-electron chi connectivity index (χ3n) is 5.07. The van der Waals surface area contributed by atoms with Crippen molar-refractivity contribution in [1.82, 2.24) is 9.55 Å². The summed E-state index contributed by atoms with van der Waals surface area (Å²) >= 11 is 0. The van der Waals surface area contributed by atoms with Crippen LogP contribution in [0.25, 0.3) is 11.0 Å². The number of alkyl halides is 2. The molecular weight excluding hydrogens is 436 g/mol. The zero-order valence-corrected chi connectivity index (χ0v) is 18.5. The van der Waals surface area contributed by atoms with E-state index in [9.17, 15) is 23.5 Å². The van der Waals surface area contributed by atoms with Gasteiger partial charge in [-0.2, -0.15) is 8.78 Å². The van der Waals surface area contributed by atoms with Gasteiger partial charge in [-0.15, -0.1) is 0 Å². The average molecular weight is 459 g/mol. The molecule has 2 heterocycles. The molecule has 174 valence electrons. The van der Waals surface area contributed by atoms with Crippen molar-refractivity contribution >= 4 is 28.7 Å². The second kappa shape index (κ2) is 7.80. The van der Waals surface area contributed by atoms with Gasteiger partial charge < -0.3 is 14.6 Å². The van der Waals surface area contributed by atoms with E-state index in [1.807, 2.05) is 0 Å². The minimum Gasteiger partial charge on any atom is -0.443 e. The first kappa shape index (κ1) is 22.7. The largest absolute Gasteiger partial charge is 0.483 e. The van der Waals surface area contributed by atoms with Crippen LogP contribution in [0.2, 0.25) is 0 Å². The quantitative estimate of drug-likeness (QED) is 0.624. The molecular formula is C23H23F2N3O5. The zero-order valence-electron chi connectivity index (χ0n) is 18.5. The average Bonchev–Trinajstić information content (AvgIpc) is 3.14. The molecule has 0 saturated heterocycles. The molecule has 8 nitrogen and oxygen atoms in total. The van der Waals surface area contributed by atoms with Crippen molar-refractivity contribution in [2.45, 2.75) is 52.1 Å². The normalized spacial score (nSPS) is 16.3. The number of hydrogen-bond donors (Lipinski definition) is 1. The van der Waals surface area contributed by atoms with Crippen LogP contribution in [0, 0.1) is 0 Å². The van der Waals surface area contributed by atoms with Gasteiger partial charge in [0.1, 0.15) is 11.9 Å². The van der Waals surface area contributed by atoms with Crippen LogP contribution in [0.5, 0.6) is 5.75 Å². The topological polar surface area (TPSA) is 93.9 Å². The molecule has 0 bridgehead atoms. The Morgan fingerprint density at radius 2 is 1.94 bits per heavy atom. The van der Waals surface area contributed by atoms with Crippen LogP contribution in [-0.4, -0.2) is 38.4 Å². The summed E-state index contributed by atoms with van der Waals surface area (Å²) in [6, 6.07) is 9.38. The minimum atomic E-state index is -4.11. The zero-order chi connectivity index (χ0) is 24.1. The number of para-hydroxylation sites is 2. The highest BCUT2D eigenvalue weighted by Crippen LogP contribution is 2.44. The molecule has 10 heteroatoms.